The molecule has 2 aromatic carbocycles. The SMILES string of the molecule is CSc1ccccc1CN1CCN2Cc3nc(c4ccccc4n3)N[C@@H](C(C)C)C(=O)NCC2C1. The van der Waals surface area contributed by atoms with Crippen LogP contribution in [-0.2, 0) is 17.9 Å². The van der Waals surface area contributed by atoms with Crippen LogP contribution in [0.15, 0.2) is 53.4 Å². The Morgan fingerprint density at radius 3 is 2.71 bits per heavy atom. The second kappa shape index (κ2) is 10.5. The van der Waals surface area contributed by atoms with Crippen LogP contribution in [0.25, 0.3) is 10.9 Å². The number of carbonyl (C=O) groups is 1. The number of hydrogen-bond donors (Lipinski definition) is 2. The van der Waals surface area contributed by atoms with Gasteiger partial charge in [-0.05, 0) is 35.9 Å². The highest BCUT2D eigenvalue weighted by molar-refractivity contribution is 7.98. The molecule has 35 heavy (non-hydrogen) atoms. The third-order valence-electron chi connectivity index (χ3n) is 7.02. The first-order valence-corrected chi connectivity index (χ1v) is 13.6. The molecule has 1 unspecified atom stereocenters. The van der Waals surface area contributed by atoms with Crippen molar-refractivity contribution in [3.8, 4) is 0 Å². The van der Waals surface area contributed by atoms with Crippen LogP contribution >= 0.6 is 11.8 Å². The molecule has 2 atom stereocenters. The summed E-state index contributed by atoms with van der Waals surface area (Å²) < 4.78 is 0. The van der Waals surface area contributed by atoms with Crippen molar-refractivity contribution in [2.75, 3.05) is 37.8 Å². The Bertz CT molecular complexity index is 1200. The van der Waals surface area contributed by atoms with Crippen molar-refractivity contribution >= 4 is 34.4 Å². The van der Waals surface area contributed by atoms with Crippen LogP contribution < -0.4 is 10.6 Å². The summed E-state index contributed by atoms with van der Waals surface area (Å²) in [5.41, 5.74) is 2.27. The first-order valence-electron chi connectivity index (χ1n) is 12.4. The van der Waals surface area contributed by atoms with Gasteiger partial charge in [-0.3, -0.25) is 14.6 Å². The van der Waals surface area contributed by atoms with E-state index in [4.69, 9.17) is 9.97 Å². The number of fused-ring (bicyclic) bond motifs is 5. The normalized spacial score (nSPS) is 21.8. The Balaban J connectivity index is 1.44. The minimum Gasteiger partial charge on any atom is -0.358 e. The van der Waals surface area contributed by atoms with Crippen molar-refractivity contribution in [1.29, 1.82) is 0 Å². The molecule has 7 nitrogen and oxygen atoms in total. The second-order valence-corrected chi connectivity index (χ2v) is 10.6. The fraction of sp³-hybridized carbons (Fsp3) is 0.444. The number of anilines is 1. The predicted molar refractivity (Wildman–Crippen MR) is 142 cm³/mol. The summed E-state index contributed by atoms with van der Waals surface area (Å²) in [5.74, 6) is 1.69. The number of benzene rings is 2. The lowest BCUT2D eigenvalue weighted by Gasteiger charge is -2.41. The molecule has 1 amide bonds. The van der Waals surface area contributed by atoms with Crippen molar-refractivity contribution < 1.29 is 4.79 Å². The molecule has 0 radical (unpaired) electrons. The molecule has 184 valence electrons. The van der Waals surface area contributed by atoms with Gasteiger partial charge in [-0.2, -0.15) is 0 Å². The summed E-state index contributed by atoms with van der Waals surface area (Å²) in [5, 5.41) is 7.65. The molecule has 3 heterocycles. The fourth-order valence-electron chi connectivity index (χ4n) is 5.07. The number of thioether (sulfide) groups is 1. The molecule has 2 N–H and O–H groups in total. The molecule has 5 rings (SSSR count). The van der Waals surface area contributed by atoms with Gasteiger partial charge in [-0.1, -0.05) is 44.2 Å². The summed E-state index contributed by atoms with van der Waals surface area (Å²) in [6.07, 6.45) is 2.13. The fourth-order valence-corrected chi connectivity index (χ4v) is 5.68. The highest BCUT2D eigenvalue weighted by Gasteiger charge is 2.31. The van der Waals surface area contributed by atoms with E-state index < -0.39 is 0 Å². The first kappa shape index (κ1) is 24.0. The smallest absolute Gasteiger partial charge is 0.242 e. The Labute approximate surface area is 211 Å². The van der Waals surface area contributed by atoms with Crippen molar-refractivity contribution in [3.63, 3.8) is 0 Å². The third kappa shape index (κ3) is 5.29. The average molecular weight is 491 g/mol. The van der Waals surface area contributed by atoms with Gasteiger partial charge in [0.05, 0.1) is 12.1 Å². The van der Waals surface area contributed by atoms with Crippen molar-refractivity contribution in [1.82, 2.24) is 25.1 Å². The van der Waals surface area contributed by atoms with E-state index in [0.29, 0.717) is 13.1 Å². The Morgan fingerprint density at radius 2 is 1.89 bits per heavy atom. The molecule has 1 aromatic heterocycles. The molecule has 0 spiro atoms. The molecule has 1 fully saturated rings. The summed E-state index contributed by atoms with van der Waals surface area (Å²) >= 11 is 1.80. The molecule has 2 bridgehead atoms. The van der Waals surface area contributed by atoms with E-state index >= 15 is 0 Å². The van der Waals surface area contributed by atoms with Crippen LogP contribution in [0.1, 0.15) is 25.2 Å². The van der Waals surface area contributed by atoms with Crippen molar-refractivity contribution in [2.45, 2.75) is 43.9 Å². The van der Waals surface area contributed by atoms with Crippen molar-refractivity contribution in [3.05, 3.63) is 59.9 Å². The monoisotopic (exact) mass is 490 g/mol. The molecule has 2 aliphatic rings. The molecule has 0 saturated carbocycles. The molecule has 8 heteroatoms. The van der Waals surface area contributed by atoms with Gasteiger partial charge in [-0.15, -0.1) is 11.8 Å². The topological polar surface area (TPSA) is 73.4 Å². The molecule has 2 aliphatic heterocycles. The van der Waals surface area contributed by atoms with Gasteiger partial charge in [0.15, 0.2) is 0 Å². The molecule has 1 saturated heterocycles. The molecular formula is C27H34N6OS. The highest BCUT2D eigenvalue weighted by atomic mass is 32.2. The number of aromatic nitrogens is 2. The molecule has 0 aliphatic carbocycles. The van der Waals surface area contributed by atoms with Crippen LogP contribution in [0.3, 0.4) is 0 Å². The van der Waals surface area contributed by atoms with Crippen LogP contribution in [0, 0.1) is 5.92 Å². The van der Waals surface area contributed by atoms with Crippen LogP contribution in [0.5, 0.6) is 0 Å². The number of nitrogens with one attached hydrogen (secondary N) is 2. The van der Waals surface area contributed by atoms with E-state index in [1.807, 2.05) is 24.3 Å². The van der Waals surface area contributed by atoms with Gasteiger partial charge >= 0.3 is 0 Å². The largest absolute Gasteiger partial charge is 0.358 e. The molecule has 3 aromatic rings. The van der Waals surface area contributed by atoms with E-state index in [1.165, 1.54) is 10.5 Å². The zero-order valence-corrected chi connectivity index (χ0v) is 21.5. The zero-order chi connectivity index (χ0) is 24.4. The second-order valence-electron chi connectivity index (χ2n) is 9.79. The number of carbonyl (C=O) groups excluding carboxylic acids is 1. The lowest BCUT2D eigenvalue weighted by atomic mass is 10.0. The number of para-hydroxylation sites is 1. The van der Waals surface area contributed by atoms with Gasteiger partial charge in [-0.25, -0.2) is 9.97 Å². The molecular weight excluding hydrogens is 456 g/mol. The lowest BCUT2D eigenvalue weighted by Crippen LogP contribution is -2.57. The highest BCUT2D eigenvalue weighted by Crippen LogP contribution is 2.26. The van der Waals surface area contributed by atoms with Gasteiger partial charge in [0.25, 0.3) is 0 Å². The van der Waals surface area contributed by atoms with Gasteiger partial charge in [0, 0.05) is 49.0 Å². The van der Waals surface area contributed by atoms with E-state index in [-0.39, 0.29) is 23.9 Å². The van der Waals surface area contributed by atoms with Gasteiger partial charge in [0.2, 0.25) is 5.91 Å². The average Bonchev–Trinajstić information content (AvgIpc) is 2.88. The van der Waals surface area contributed by atoms with Crippen LogP contribution in [0.2, 0.25) is 0 Å². The zero-order valence-electron chi connectivity index (χ0n) is 20.7. The quantitative estimate of drug-likeness (QED) is 0.542. The Morgan fingerprint density at radius 1 is 1.09 bits per heavy atom. The predicted octanol–water partition coefficient (Wildman–Crippen LogP) is 3.60. The van der Waals surface area contributed by atoms with E-state index in [9.17, 15) is 4.79 Å². The Kier molecular flexibility index (Phi) is 7.22. The van der Waals surface area contributed by atoms with Crippen molar-refractivity contribution in [2.24, 2.45) is 5.92 Å². The van der Waals surface area contributed by atoms with Crippen LogP contribution in [0.4, 0.5) is 5.82 Å². The van der Waals surface area contributed by atoms with Crippen LogP contribution in [-0.4, -0.2) is 70.2 Å². The maximum Gasteiger partial charge on any atom is 0.242 e. The maximum atomic E-state index is 13.3. The summed E-state index contributed by atoms with van der Waals surface area (Å²) in [7, 11) is 0. The maximum absolute atomic E-state index is 13.3. The van der Waals surface area contributed by atoms with Gasteiger partial charge in [0.1, 0.15) is 17.7 Å². The number of nitrogens with zero attached hydrogens (tertiary/aromatic N) is 4. The van der Waals surface area contributed by atoms with E-state index in [2.05, 4.69) is 64.8 Å². The summed E-state index contributed by atoms with van der Waals surface area (Å²) in [6.45, 7) is 9.11. The number of amides is 1. The van der Waals surface area contributed by atoms with E-state index in [0.717, 1.165) is 48.7 Å². The standard InChI is InChI=1S/C27H34N6OS/c1-18(2)25-27(34)28-14-20-16-32(15-19-8-4-7-11-23(19)35-3)12-13-33(20)17-24-29-22-10-6-5-9-21(22)26(30-24)31-25/h4-11,18,20,25H,12-17H2,1-3H3,(H,28,34)(H,29,30,31)/t20?,25-/m0/s1. The van der Waals surface area contributed by atoms with E-state index in [1.54, 1.807) is 11.8 Å². The minimum atomic E-state index is -0.360. The number of hydrogen-bond acceptors (Lipinski definition) is 7. The van der Waals surface area contributed by atoms with Gasteiger partial charge < -0.3 is 10.6 Å². The Hall–Kier alpha value is -2.68. The first-order chi connectivity index (χ1) is 17.0. The minimum absolute atomic E-state index is 0.0240. The summed E-state index contributed by atoms with van der Waals surface area (Å²) in [4.78, 5) is 29.4. The number of rotatable bonds is 4. The summed E-state index contributed by atoms with van der Waals surface area (Å²) in [6, 6.07) is 16.5. The number of piperazine rings is 1. The third-order valence-corrected chi connectivity index (χ3v) is 7.86. The lowest BCUT2D eigenvalue weighted by molar-refractivity contribution is -0.123.